The molecule has 0 bridgehead atoms. The number of hydrogen-bond acceptors (Lipinski definition) is 2. The lowest BCUT2D eigenvalue weighted by Gasteiger charge is -2.14. The molecule has 0 unspecified atom stereocenters. The molecule has 2 aromatic carbocycles. The summed E-state index contributed by atoms with van der Waals surface area (Å²) in [6, 6.07) is 14.5. The molecule has 28 heavy (non-hydrogen) atoms. The summed E-state index contributed by atoms with van der Waals surface area (Å²) < 4.78 is 1.99. The molecule has 0 saturated heterocycles. The van der Waals surface area contributed by atoms with Crippen LogP contribution in [0.5, 0.6) is 0 Å². The minimum absolute atomic E-state index is 0.0962. The lowest BCUT2D eigenvalue weighted by Crippen LogP contribution is -2.17. The topological polar surface area (TPSA) is 46.9 Å². The fraction of sp³-hybridized carbons (Fsp3) is 0.333. The van der Waals surface area contributed by atoms with Gasteiger partial charge < -0.3 is 5.32 Å². The monoisotopic (exact) mass is 373 g/mol. The summed E-state index contributed by atoms with van der Waals surface area (Å²) in [6.45, 7) is 6.33. The molecule has 1 aliphatic rings. The largest absolute Gasteiger partial charge is 0.320 e. The molecule has 1 N–H and O–H groups in total. The Morgan fingerprint density at radius 3 is 2.43 bits per heavy atom. The quantitative estimate of drug-likeness (QED) is 0.680. The summed E-state index contributed by atoms with van der Waals surface area (Å²) in [6.07, 6.45) is 4.74. The van der Waals surface area contributed by atoms with Crippen molar-refractivity contribution in [3.63, 3.8) is 0 Å². The smallest absolute Gasteiger partial charge is 0.276 e. The average Bonchev–Trinajstić information content (AvgIpc) is 3.31. The average molecular weight is 374 g/mol. The molecule has 3 aromatic rings. The Morgan fingerprint density at radius 1 is 1.04 bits per heavy atom. The predicted octanol–water partition coefficient (Wildman–Crippen LogP) is 5.05. The Labute approximate surface area is 166 Å². The molecule has 1 amide bonds. The lowest BCUT2D eigenvalue weighted by atomic mass is 10.0. The SMILES string of the molecule is CCc1cccc(CC)c1NC(=O)c1nn(-c2ccccc2C)c2c1CCC2. The number of carbonyl (C=O) groups excluding carboxylic acids is 1. The van der Waals surface area contributed by atoms with Crippen LogP contribution in [-0.2, 0) is 25.7 Å². The minimum Gasteiger partial charge on any atom is -0.320 e. The number of nitrogens with one attached hydrogen (secondary N) is 1. The number of para-hydroxylation sites is 2. The first kappa shape index (κ1) is 18.5. The van der Waals surface area contributed by atoms with Crippen molar-refractivity contribution in [2.75, 3.05) is 5.32 Å². The van der Waals surface area contributed by atoms with Gasteiger partial charge in [0, 0.05) is 16.9 Å². The molecule has 4 rings (SSSR count). The fourth-order valence-corrected chi connectivity index (χ4v) is 4.20. The standard InChI is InChI=1S/C24H27N3O/c1-4-17-11-8-12-18(5-2)22(17)25-24(28)23-19-13-9-15-21(19)27(26-23)20-14-7-6-10-16(20)3/h6-8,10-12,14H,4-5,9,13,15H2,1-3H3,(H,25,28). The number of amides is 1. The van der Waals surface area contributed by atoms with Crippen molar-refractivity contribution in [1.29, 1.82) is 0 Å². The van der Waals surface area contributed by atoms with E-state index in [9.17, 15) is 4.79 Å². The van der Waals surface area contributed by atoms with Gasteiger partial charge in [0.1, 0.15) is 0 Å². The van der Waals surface area contributed by atoms with Crippen molar-refractivity contribution in [2.24, 2.45) is 0 Å². The Hall–Kier alpha value is -2.88. The van der Waals surface area contributed by atoms with E-state index in [0.717, 1.165) is 54.6 Å². The van der Waals surface area contributed by atoms with Gasteiger partial charge in [-0.25, -0.2) is 4.68 Å². The molecule has 0 aliphatic heterocycles. The third-order valence-electron chi connectivity index (χ3n) is 5.73. The van der Waals surface area contributed by atoms with Crippen LogP contribution in [-0.4, -0.2) is 15.7 Å². The van der Waals surface area contributed by atoms with Crippen LogP contribution >= 0.6 is 0 Å². The number of aryl methyl sites for hydroxylation is 3. The first-order chi connectivity index (χ1) is 13.6. The van der Waals surface area contributed by atoms with E-state index < -0.39 is 0 Å². The Balaban J connectivity index is 1.75. The number of carbonyl (C=O) groups is 1. The highest BCUT2D eigenvalue weighted by atomic mass is 16.2. The Morgan fingerprint density at radius 2 is 1.75 bits per heavy atom. The first-order valence-corrected chi connectivity index (χ1v) is 10.2. The summed E-state index contributed by atoms with van der Waals surface area (Å²) >= 11 is 0. The van der Waals surface area contributed by atoms with E-state index in [1.165, 1.54) is 16.8 Å². The summed E-state index contributed by atoms with van der Waals surface area (Å²) in [5.41, 5.74) is 8.37. The molecule has 144 valence electrons. The maximum atomic E-state index is 13.3. The van der Waals surface area contributed by atoms with Crippen molar-refractivity contribution >= 4 is 11.6 Å². The fourth-order valence-electron chi connectivity index (χ4n) is 4.20. The molecular weight excluding hydrogens is 346 g/mol. The summed E-state index contributed by atoms with van der Waals surface area (Å²) in [5, 5.41) is 7.97. The van der Waals surface area contributed by atoms with E-state index in [0.29, 0.717) is 5.69 Å². The zero-order valence-corrected chi connectivity index (χ0v) is 16.9. The van der Waals surface area contributed by atoms with E-state index in [4.69, 9.17) is 5.10 Å². The van der Waals surface area contributed by atoms with Gasteiger partial charge in [0.2, 0.25) is 0 Å². The van der Waals surface area contributed by atoms with Gasteiger partial charge >= 0.3 is 0 Å². The van der Waals surface area contributed by atoms with Crippen molar-refractivity contribution in [2.45, 2.75) is 52.9 Å². The lowest BCUT2D eigenvalue weighted by molar-refractivity contribution is 0.102. The molecule has 1 heterocycles. The van der Waals surface area contributed by atoms with Crippen LogP contribution in [0.25, 0.3) is 5.69 Å². The number of hydrogen-bond donors (Lipinski definition) is 1. The van der Waals surface area contributed by atoms with Gasteiger partial charge in [-0.15, -0.1) is 0 Å². The van der Waals surface area contributed by atoms with Gasteiger partial charge in [-0.2, -0.15) is 5.10 Å². The van der Waals surface area contributed by atoms with Crippen molar-refractivity contribution in [3.8, 4) is 5.69 Å². The number of aromatic nitrogens is 2. The van der Waals surface area contributed by atoms with E-state index >= 15 is 0 Å². The van der Waals surface area contributed by atoms with Crippen LogP contribution in [0.1, 0.15) is 58.7 Å². The van der Waals surface area contributed by atoms with E-state index in [2.05, 4.69) is 56.4 Å². The van der Waals surface area contributed by atoms with Crippen molar-refractivity contribution < 1.29 is 4.79 Å². The van der Waals surface area contributed by atoms with Gasteiger partial charge in [-0.05, 0) is 61.8 Å². The van der Waals surface area contributed by atoms with Crippen molar-refractivity contribution in [3.05, 3.63) is 76.1 Å². The van der Waals surface area contributed by atoms with Gasteiger partial charge in [-0.1, -0.05) is 50.2 Å². The summed E-state index contributed by atoms with van der Waals surface area (Å²) in [7, 11) is 0. The maximum absolute atomic E-state index is 13.3. The van der Waals surface area contributed by atoms with Crippen LogP contribution in [0.3, 0.4) is 0 Å². The number of fused-ring (bicyclic) bond motifs is 1. The third-order valence-corrected chi connectivity index (χ3v) is 5.73. The molecule has 1 aliphatic carbocycles. The number of rotatable bonds is 5. The molecule has 1 aromatic heterocycles. The molecule has 0 spiro atoms. The number of anilines is 1. The van der Waals surface area contributed by atoms with E-state index in [1.807, 2.05) is 16.8 Å². The van der Waals surface area contributed by atoms with Crippen molar-refractivity contribution in [1.82, 2.24) is 9.78 Å². The van der Waals surface area contributed by atoms with Crippen LogP contribution in [0.4, 0.5) is 5.69 Å². The summed E-state index contributed by atoms with van der Waals surface area (Å²) in [5.74, 6) is -0.0962. The zero-order valence-electron chi connectivity index (χ0n) is 16.9. The highest BCUT2D eigenvalue weighted by Gasteiger charge is 2.28. The van der Waals surface area contributed by atoms with Gasteiger partial charge in [0.25, 0.3) is 5.91 Å². The molecule has 0 radical (unpaired) electrons. The molecule has 4 heteroatoms. The van der Waals surface area contributed by atoms with Gasteiger partial charge in [0.15, 0.2) is 5.69 Å². The molecular formula is C24H27N3O. The van der Waals surface area contributed by atoms with E-state index in [1.54, 1.807) is 0 Å². The van der Waals surface area contributed by atoms with Crippen LogP contribution < -0.4 is 5.32 Å². The molecule has 4 nitrogen and oxygen atoms in total. The third kappa shape index (κ3) is 3.13. The highest BCUT2D eigenvalue weighted by molar-refractivity contribution is 6.05. The van der Waals surface area contributed by atoms with Crippen LogP contribution in [0, 0.1) is 6.92 Å². The zero-order chi connectivity index (χ0) is 19.7. The van der Waals surface area contributed by atoms with E-state index in [-0.39, 0.29) is 5.91 Å². The number of benzene rings is 2. The first-order valence-electron chi connectivity index (χ1n) is 10.2. The number of nitrogens with zero attached hydrogens (tertiary/aromatic N) is 2. The minimum atomic E-state index is -0.0962. The molecule has 0 atom stereocenters. The maximum Gasteiger partial charge on any atom is 0.276 e. The highest BCUT2D eigenvalue weighted by Crippen LogP contribution is 2.30. The molecule has 0 fully saturated rings. The Kier molecular flexibility index (Phi) is 5.03. The second-order valence-corrected chi connectivity index (χ2v) is 7.44. The van der Waals surface area contributed by atoms with Crippen LogP contribution in [0.2, 0.25) is 0 Å². The normalized spacial score (nSPS) is 12.8. The van der Waals surface area contributed by atoms with Gasteiger partial charge in [0.05, 0.1) is 5.69 Å². The summed E-state index contributed by atoms with van der Waals surface area (Å²) in [4.78, 5) is 13.3. The second kappa shape index (κ2) is 7.63. The molecule has 0 saturated carbocycles. The van der Waals surface area contributed by atoms with Gasteiger partial charge in [-0.3, -0.25) is 4.79 Å². The second-order valence-electron chi connectivity index (χ2n) is 7.44. The van der Waals surface area contributed by atoms with Crippen LogP contribution in [0.15, 0.2) is 42.5 Å². The predicted molar refractivity (Wildman–Crippen MR) is 113 cm³/mol. The Bertz CT molecular complexity index is 1010.